The minimum absolute atomic E-state index is 0.128. The first-order chi connectivity index (χ1) is 15.8. The van der Waals surface area contributed by atoms with Gasteiger partial charge in [-0.1, -0.05) is 84.1 Å². The molecule has 0 aliphatic heterocycles. The van der Waals surface area contributed by atoms with Crippen molar-refractivity contribution in [3.8, 4) is 21.7 Å². The first kappa shape index (κ1) is 22.9. The first-order valence-corrected chi connectivity index (χ1v) is 13.0. The zero-order valence-electron chi connectivity index (χ0n) is 18.4. The molecular weight excluding hydrogens is 452 g/mol. The highest BCUT2D eigenvalue weighted by molar-refractivity contribution is 7.92. The molecule has 0 atom stereocenters. The van der Waals surface area contributed by atoms with Crippen molar-refractivity contribution in [2.75, 3.05) is 5.32 Å². The highest BCUT2D eigenvalue weighted by atomic mass is 32.2. The van der Waals surface area contributed by atoms with E-state index in [4.69, 9.17) is 4.98 Å². The van der Waals surface area contributed by atoms with Gasteiger partial charge in [-0.2, -0.15) is 0 Å². The van der Waals surface area contributed by atoms with E-state index in [2.05, 4.69) is 5.32 Å². The minimum atomic E-state index is -3.33. The van der Waals surface area contributed by atoms with Gasteiger partial charge in [0.05, 0.1) is 27.1 Å². The summed E-state index contributed by atoms with van der Waals surface area (Å²) < 4.78 is 24.6. The molecule has 5 nitrogen and oxygen atoms in total. The second-order valence-corrected chi connectivity index (χ2v) is 11.4. The second kappa shape index (κ2) is 9.68. The number of nitrogens with one attached hydrogen (secondary N) is 1. The molecule has 0 fully saturated rings. The van der Waals surface area contributed by atoms with E-state index in [1.165, 1.54) is 11.3 Å². The molecule has 0 saturated heterocycles. The van der Waals surface area contributed by atoms with Gasteiger partial charge in [-0.3, -0.25) is 4.79 Å². The SMILES string of the molecule is CC(C)S(=O)(=O)c1ccc(CC(=O)Nc2nc(-c3ccccc3)c(-c3ccccc3)s2)cc1. The van der Waals surface area contributed by atoms with E-state index in [-0.39, 0.29) is 17.2 Å². The predicted octanol–water partition coefficient (Wildman–Crippen LogP) is 5.84. The number of carbonyl (C=O) groups excluding carboxylic acids is 1. The molecule has 4 aromatic rings. The number of hydrogen-bond donors (Lipinski definition) is 1. The minimum Gasteiger partial charge on any atom is -0.302 e. The van der Waals surface area contributed by atoms with Gasteiger partial charge in [-0.05, 0) is 37.1 Å². The number of aromatic nitrogens is 1. The summed E-state index contributed by atoms with van der Waals surface area (Å²) in [6, 6.07) is 26.3. The third-order valence-electron chi connectivity index (χ3n) is 5.19. The Labute approximate surface area is 198 Å². The van der Waals surface area contributed by atoms with E-state index in [1.54, 1.807) is 38.1 Å². The standard InChI is InChI=1S/C26H24N2O3S2/c1-18(2)33(30,31)22-15-13-19(14-16-22)17-23(29)27-26-28-24(20-9-5-3-6-10-20)25(32-26)21-11-7-4-8-12-21/h3-16,18H,17H2,1-2H3,(H,27,28,29). The summed E-state index contributed by atoms with van der Waals surface area (Å²) in [6.07, 6.45) is 0.128. The van der Waals surface area contributed by atoms with Gasteiger partial charge in [-0.15, -0.1) is 0 Å². The number of nitrogens with zero attached hydrogens (tertiary/aromatic N) is 1. The third-order valence-corrected chi connectivity index (χ3v) is 8.38. The van der Waals surface area contributed by atoms with Gasteiger partial charge in [-0.25, -0.2) is 13.4 Å². The van der Waals surface area contributed by atoms with Crippen LogP contribution >= 0.6 is 11.3 Å². The first-order valence-electron chi connectivity index (χ1n) is 10.6. The van der Waals surface area contributed by atoms with Crippen LogP contribution in [0.5, 0.6) is 0 Å². The van der Waals surface area contributed by atoms with Crippen LogP contribution in [0.3, 0.4) is 0 Å². The Balaban J connectivity index is 1.54. The van der Waals surface area contributed by atoms with E-state index in [0.29, 0.717) is 5.13 Å². The van der Waals surface area contributed by atoms with Crippen molar-refractivity contribution in [3.63, 3.8) is 0 Å². The second-order valence-electron chi connectivity index (χ2n) is 7.89. The smallest absolute Gasteiger partial charge is 0.230 e. The molecule has 0 spiro atoms. The van der Waals surface area contributed by atoms with Gasteiger partial charge in [0, 0.05) is 5.56 Å². The van der Waals surface area contributed by atoms with Gasteiger partial charge in [0.2, 0.25) is 5.91 Å². The monoisotopic (exact) mass is 476 g/mol. The maximum atomic E-state index is 12.7. The molecule has 0 aliphatic rings. The van der Waals surface area contributed by atoms with Crippen molar-refractivity contribution in [1.29, 1.82) is 0 Å². The summed E-state index contributed by atoms with van der Waals surface area (Å²) in [6.45, 7) is 3.30. The fraction of sp³-hybridized carbons (Fsp3) is 0.154. The van der Waals surface area contributed by atoms with Gasteiger partial charge in [0.15, 0.2) is 15.0 Å². The van der Waals surface area contributed by atoms with E-state index in [9.17, 15) is 13.2 Å². The molecule has 0 bridgehead atoms. The van der Waals surface area contributed by atoms with Gasteiger partial charge < -0.3 is 5.32 Å². The molecule has 0 aliphatic carbocycles. The summed E-state index contributed by atoms with van der Waals surface area (Å²) in [5.74, 6) is -0.206. The lowest BCUT2D eigenvalue weighted by atomic mass is 10.1. The van der Waals surface area contributed by atoms with Crippen LogP contribution in [0.4, 0.5) is 5.13 Å². The Morgan fingerprint density at radius 1 is 0.879 bits per heavy atom. The molecule has 1 amide bonds. The number of hydrogen-bond acceptors (Lipinski definition) is 5. The number of rotatable bonds is 7. The van der Waals surface area contributed by atoms with E-state index >= 15 is 0 Å². The van der Waals surface area contributed by atoms with Crippen LogP contribution in [-0.4, -0.2) is 24.6 Å². The van der Waals surface area contributed by atoms with E-state index < -0.39 is 15.1 Å². The molecule has 7 heteroatoms. The fourth-order valence-electron chi connectivity index (χ4n) is 3.37. The number of thiazole rings is 1. The molecule has 1 N–H and O–H groups in total. The van der Waals surface area contributed by atoms with Crippen molar-refractivity contribution >= 4 is 32.2 Å². The molecule has 0 saturated carbocycles. The normalized spacial score (nSPS) is 11.5. The lowest BCUT2D eigenvalue weighted by molar-refractivity contribution is -0.115. The predicted molar refractivity (Wildman–Crippen MR) is 134 cm³/mol. The van der Waals surface area contributed by atoms with Crippen LogP contribution in [0.25, 0.3) is 21.7 Å². The molecule has 1 aromatic heterocycles. The summed E-state index contributed by atoms with van der Waals surface area (Å²) in [7, 11) is -3.33. The van der Waals surface area contributed by atoms with Crippen molar-refractivity contribution in [2.45, 2.75) is 30.4 Å². The van der Waals surface area contributed by atoms with Crippen LogP contribution in [-0.2, 0) is 21.1 Å². The van der Waals surface area contributed by atoms with Crippen molar-refractivity contribution in [1.82, 2.24) is 4.98 Å². The zero-order chi connectivity index (χ0) is 23.4. The summed E-state index contributed by atoms with van der Waals surface area (Å²) in [5.41, 5.74) is 3.58. The van der Waals surface area contributed by atoms with Crippen LogP contribution < -0.4 is 5.32 Å². The Morgan fingerprint density at radius 2 is 1.45 bits per heavy atom. The summed E-state index contributed by atoms with van der Waals surface area (Å²) >= 11 is 1.43. The summed E-state index contributed by atoms with van der Waals surface area (Å²) in [4.78, 5) is 18.7. The molecule has 33 heavy (non-hydrogen) atoms. The molecule has 1 heterocycles. The average Bonchev–Trinajstić information content (AvgIpc) is 3.24. The number of benzene rings is 3. The van der Waals surface area contributed by atoms with Crippen molar-refractivity contribution in [2.24, 2.45) is 0 Å². The Kier molecular flexibility index (Phi) is 6.72. The molecular formula is C26H24N2O3S2. The van der Waals surface area contributed by atoms with Crippen molar-refractivity contribution < 1.29 is 13.2 Å². The molecule has 0 radical (unpaired) electrons. The number of amides is 1. The van der Waals surface area contributed by atoms with Crippen molar-refractivity contribution in [3.05, 3.63) is 90.5 Å². The van der Waals surface area contributed by atoms with Gasteiger partial charge in [0.25, 0.3) is 0 Å². The average molecular weight is 477 g/mol. The van der Waals surface area contributed by atoms with Crippen LogP contribution in [0.15, 0.2) is 89.8 Å². The maximum absolute atomic E-state index is 12.7. The summed E-state index contributed by atoms with van der Waals surface area (Å²) in [5, 5.41) is 2.94. The molecule has 4 rings (SSSR count). The Morgan fingerprint density at radius 3 is 2.03 bits per heavy atom. The Bertz CT molecular complexity index is 1290. The van der Waals surface area contributed by atoms with Gasteiger partial charge >= 0.3 is 0 Å². The maximum Gasteiger partial charge on any atom is 0.230 e. The topological polar surface area (TPSA) is 76.1 Å². The number of sulfone groups is 1. The molecule has 3 aromatic carbocycles. The highest BCUT2D eigenvalue weighted by Crippen LogP contribution is 2.38. The lowest BCUT2D eigenvalue weighted by Crippen LogP contribution is -2.15. The highest BCUT2D eigenvalue weighted by Gasteiger charge is 2.19. The fourth-order valence-corrected chi connectivity index (χ4v) is 5.44. The quantitative estimate of drug-likeness (QED) is 0.364. The third kappa shape index (κ3) is 5.21. The van der Waals surface area contributed by atoms with Crippen LogP contribution in [0.2, 0.25) is 0 Å². The number of anilines is 1. The zero-order valence-corrected chi connectivity index (χ0v) is 20.0. The molecule has 0 unspecified atom stereocenters. The van der Waals surface area contributed by atoms with Gasteiger partial charge in [0.1, 0.15) is 0 Å². The van der Waals surface area contributed by atoms with Crippen LogP contribution in [0, 0.1) is 0 Å². The Hall–Kier alpha value is -3.29. The van der Waals surface area contributed by atoms with E-state index in [1.807, 2.05) is 60.7 Å². The molecule has 168 valence electrons. The lowest BCUT2D eigenvalue weighted by Gasteiger charge is -2.08. The largest absolute Gasteiger partial charge is 0.302 e. The van der Waals surface area contributed by atoms with Crippen LogP contribution in [0.1, 0.15) is 19.4 Å². The van der Waals surface area contributed by atoms with E-state index in [0.717, 1.165) is 27.3 Å². The number of carbonyl (C=O) groups is 1.